The largest absolute Gasteiger partial charge is 0.493 e. The third kappa shape index (κ3) is 3.98. The smallest absolute Gasteiger partial charge is 0.353 e. The first-order valence-corrected chi connectivity index (χ1v) is 8.16. The van der Waals surface area contributed by atoms with Gasteiger partial charge in [-0.3, -0.25) is 19.7 Å². The van der Waals surface area contributed by atoms with Gasteiger partial charge in [0.2, 0.25) is 5.88 Å². The summed E-state index contributed by atoms with van der Waals surface area (Å²) in [4.78, 5) is 36.5. The van der Waals surface area contributed by atoms with Crippen LogP contribution in [-0.2, 0) is 9.59 Å². The molecular formula is C16H10BrN5O5. The average Bonchev–Trinajstić information content (AvgIpc) is 2.94. The van der Waals surface area contributed by atoms with Gasteiger partial charge in [-0.05, 0) is 24.3 Å². The number of anilines is 1. The molecule has 0 aliphatic heterocycles. The first kappa shape index (κ1) is 18.2. The van der Waals surface area contributed by atoms with Gasteiger partial charge in [0.05, 0.1) is 10.4 Å². The normalized spacial score (nSPS) is 11.0. The number of amides is 2. The molecular weight excluding hydrogens is 422 g/mol. The highest BCUT2D eigenvalue weighted by Crippen LogP contribution is 2.36. The van der Waals surface area contributed by atoms with Crippen LogP contribution in [0.15, 0.2) is 57.2 Å². The molecule has 0 bridgehead atoms. The summed E-state index contributed by atoms with van der Waals surface area (Å²) in [5.41, 5.74) is 0.397. The van der Waals surface area contributed by atoms with E-state index < -0.39 is 16.7 Å². The number of carbonyl (C=O) groups excluding carboxylic acids is 2. The van der Waals surface area contributed by atoms with Crippen LogP contribution in [0.1, 0.15) is 0 Å². The third-order valence-corrected chi connectivity index (χ3v) is 3.96. The fraction of sp³-hybridized carbons (Fsp3) is 0. The molecule has 2 aromatic carbocycles. The topological polar surface area (TPSA) is 150 Å². The molecule has 0 spiro atoms. The van der Waals surface area contributed by atoms with E-state index in [2.05, 4.69) is 36.5 Å². The molecule has 0 unspecified atom stereocenters. The predicted molar refractivity (Wildman–Crippen MR) is 98.9 cm³/mol. The molecule has 0 saturated heterocycles. The maximum Gasteiger partial charge on any atom is 0.353 e. The van der Waals surface area contributed by atoms with Crippen LogP contribution < -0.4 is 5.32 Å². The van der Waals surface area contributed by atoms with E-state index in [1.807, 2.05) is 0 Å². The minimum absolute atomic E-state index is 0.00259. The van der Waals surface area contributed by atoms with Crippen molar-refractivity contribution in [3.8, 4) is 5.88 Å². The molecule has 0 radical (unpaired) electrons. The quantitative estimate of drug-likeness (QED) is 0.249. The van der Waals surface area contributed by atoms with E-state index >= 15 is 0 Å². The molecule has 0 atom stereocenters. The highest BCUT2D eigenvalue weighted by molar-refractivity contribution is 9.10. The van der Waals surface area contributed by atoms with Gasteiger partial charge in [0.15, 0.2) is 5.69 Å². The zero-order chi connectivity index (χ0) is 19.6. The van der Waals surface area contributed by atoms with Gasteiger partial charge in [-0.1, -0.05) is 22.0 Å². The molecule has 0 aliphatic carbocycles. The van der Waals surface area contributed by atoms with E-state index in [1.54, 1.807) is 18.2 Å². The van der Waals surface area contributed by atoms with Crippen molar-refractivity contribution in [2.24, 2.45) is 10.2 Å². The number of benzene rings is 2. The van der Waals surface area contributed by atoms with Crippen LogP contribution in [0.3, 0.4) is 0 Å². The molecule has 1 heterocycles. The van der Waals surface area contributed by atoms with Gasteiger partial charge in [-0.25, -0.2) is 0 Å². The first-order valence-electron chi connectivity index (χ1n) is 7.37. The van der Waals surface area contributed by atoms with Crippen molar-refractivity contribution in [1.29, 1.82) is 0 Å². The fourth-order valence-electron chi connectivity index (χ4n) is 2.26. The number of H-pyrrole nitrogens is 1. The van der Waals surface area contributed by atoms with Gasteiger partial charge in [0.25, 0.3) is 5.69 Å². The molecule has 1 aromatic heterocycles. The number of aromatic hydroxyl groups is 1. The molecule has 3 rings (SSSR count). The lowest BCUT2D eigenvalue weighted by Gasteiger charge is -2.01. The Morgan fingerprint density at radius 2 is 2.00 bits per heavy atom. The summed E-state index contributed by atoms with van der Waals surface area (Å²) in [7, 11) is 0. The van der Waals surface area contributed by atoms with Crippen molar-refractivity contribution >= 4 is 55.7 Å². The Bertz CT molecular complexity index is 1110. The SMILES string of the molecule is O=C(N=Nc1c(O)[nH]c2ccc(Br)cc12)C(=O)Nc1cccc([N+](=O)[O-])c1. The average molecular weight is 432 g/mol. The van der Waals surface area contributed by atoms with E-state index in [-0.39, 0.29) is 22.9 Å². The number of halogens is 1. The van der Waals surface area contributed by atoms with Crippen LogP contribution in [0, 0.1) is 10.1 Å². The van der Waals surface area contributed by atoms with Gasteiger partial charge in [0, 0.05) is 27.7 Å². The number of carbonyl (C=O) groups is 2. The number of non-ortho nitro benzene ring substituents is 1. The molecule has 10 nitrogen and oxygen atoms in total. The summed E-state index contributed by atoms with van der Waals surface area (Å²) in [6.07, 6.45) is 0. The number of nitro benzene ring substituents is 1. The molecule has 27 heavy (non-hydrogen) atoms. The number of hydrogen-bond acceptors (Lipinski definition) is 6. The number of hydrogen-bond donors (Lipinski definition) is 3. The van der Waals surface area contributed by atoms with Gasteiger partial charge in [-0.2, -0.15) is 0 Å². The lowest BCUT2D eigenvalue weighted by atomic mass is 10.2. The summed E-state index contributed by atoms with van der Waals surface area (Å²) >= 11 is 3.29. The lowest BCUT2D eigenvalue weighted by molar-refractivity contribution is -0.384. The number of azo groups is 1. The summed E-state index contributed by atoms with van der Waals surface area (Å²) in [6, 6.07) is 10.2. The monoisotopic (exact) mass is 431 g/mol. The molecule has 11 heteroatoms. The highest BCUT2D eigenvalue weighted by Gasteiger charge is 2.16. The Kier molecular flexibility index (Phi) is 4.94. The van der Waals surface area contributed by atoms with Gasteiger partial charge in [0.1, 0.15) is 0 Å². The molecule has 0 aliphatic rings. The number of aromatic nitrogens is 1. The second-order valence-corrected chi connectivity index (χ2v) is 6.19. The van der Waals surface area contributed by atoms with Crippen molar-refractivity contribution in [2.75, 3.05) is 5.32 Å². The Balaban J connectivity index is 1.78. The van der Waals surface area contributed by atoms with Gasteiger partial charge >= 0.3 is 11.8 Å². The van der Waals surface area contributed by atoms with Crippen molar-refractivity contribution < 1.29 is 19.6 Å². The van der Waals surface area contributed by atoms with Crippen molar-refractivity contribution in [2.45, 2.75) is 0 Å². The second kappa shape index (κ2) is 7.33. The summed E-state index contributed by atoms with van der Waals surface area (Å²) in [5.74, 6) is -2.66. The zero-order valence-electron chi connectivity index (χ0n) is 13.3. The summed E-state index contributed by atoms with van der Waals surface area (Å²) in [5, 5.41) is 30.3. The predicted octanol–water partition coefficient (Wildman–Crippen LogP) is 3.79. The number of aromatic amines is 1. The second-order valence-electron chi connectivity index (χ2n) is 5.28. The minimum Gasteiger partial charge on any atom is -0.493 e. The van der Waals surface area contributed by atoms with Crippen molar-refractivity contribution in [1.82, 2.24) is 4.98 Å². The maximum atomic E-state index is 11.9. The van der Waals surface area contributed by atoms with Gasteiger partial charge < -0.3 is 15.4 Å². The Labute approximate surface area is 159 Å². The van der Waals surface area contributed by atoms with Crippen LogP contribution in [0.4, 0.5) is 17.1 Å². The number of nitrogens with zero attached hydrogens (tertiary/aromatic N) is 3. The number of nitrogens with one attached hydrogen (secondary N) is 2. The molecule has 3 N–H and O–H groups in total. The Hall–Kier alpha value is -3.60. The molecule has 3 aromatic rings. The number of fused-ring (bicyclic) bond motifs is 1. The summed E-state index contributed by atoms with van der Waals surface area (Å²) < 4.78 is 0.722. The highest BCUT2D eigenvalue weighted by atomic mass is 79.9. The van der Waals surface area contributed by atoms with Crippen LogP contribution in [-0.4, -0.2) is 26.8 Å². The van der Waals surface area contributed by atoms with Crippen molar-refractivity contribution in [3.63, 3.8) is 0 Å². The Morgan fingerprint density at radius 3 is 2.74 bits per heavy atom. The van der Waals surface area contributed by atoms with Gasteiger partial charge in [-0.15, -0.1) is 10.2 Å². The van der Waals surface area contributed by atoms with Crippen LogP contribution in [0.2, 0.25) is 0 Å². The summed E-state index contributed by atoms with van der Waals surface area (Å²) in [6.45, 7) is 0. The molecule has 0 fully saturated rings. The van der Waals surface area contributed by atoms with Crippen molar-refractivity contribution in [3.05, 3.63) is 57.1 Å². The lowest BCUT2D eigenvalue weighted by Crippen LogP contribution is -2.20. The number of rotatable bonds is 3. The fourth-order valence-corrected chi connectivity index (χ4v) is 2.62. The van der Waals surface area contributed by atoms with E-state index in [4.69, 9.17) is 0 Å². The minimum atomic E-state index is -1.23. The van der Waals surface area contributed by atoms with Crippen LogP contribution in [0.25, 0.3) is 10.9 Å². The molecule has 2 amide bonds. The maximum absolute atomic E-state index is 11.9. The van der Waals surface area contributed by atoms with Crippen LogP contribution in [0.5, 0.6) is 5.88 Å². The van der Waals surface area contributed by atoms with E-state index in [9.17, 15) is 24.8 Å². The molecule has 136 valence electrons. The molecule has 0 saturated carbocycles. The van der Waals surface area contributed by atoms with E-state index in [1.165, 1.54) is 18.2 Å². The first-order chi connectivity index (χ1) is 12.8. The van der Waals surface area contributed by atoms with E-state index in [0.717, 1.165) is 10.5 Å². The third-order valence-electron chi connectivity index (χ3n) is 3.46. The van der Waals surface area contributed by atoms with E-state index in [0.29, 0.717) is 10.9 Å². The van der Waals surface area contributed by atoms with Crippen LogP contribution >= 0.6 is 15.9 Å². The zero-order valence-corrected chi connectivity index (χ0v) is 14.9. The number of nitro groups is 1. The Morgan fingerprint density at radius 1 is 1.22 bits per heavy atom. The standard InChI is InChI=1S/C16H10BrN5O5/c17-8-4-5-12-11(6-8)13(14(23)19-12)20-21-16(25)15(24)18-9-2-1-3-10(7-9)22(26)27/h1-7,19,23H,(H,18,24).